The Bertz CT molecular complexity index is 551. The number of aryl methyl sites for hydroxylation is 1. The number of rotatable bonds is 2. The maximum Gasteiger partial charge on any atom is 0.0436 e. The van der Waals surface area contributed by atoms with Crippen LogP contribution in [0.5, 0.6) is 0 Å². The number of halogens is 1. The molecule has 1 unspecified atom stereocenters. The molecular formula is C15H16BrNS. The Kier molecular flexibility index (Phi) is 3.31. The van der Waals surface area contributed by atoms with E-state index in [0.29, 0.717) is 5.92 Å². The van der Waals surface area contributed by atoms with Gasteiger partial charge in [-0.3, -0.25) is 0 Å². The van der Waals surface area contributed by atoms with Gasteiger partial charge in [0, 0.05) is 20.3 Å². The standard InChI is InChI=1S/C15H16BrNS/c1-9-6-13(16)15(18-9)14(17)12-7-10-4-2-3-5-11(10)8-12/h2-6,12,14H,7-8,17H2,1H3. The highest BCUT2D eigenvalue weighted by atomic mass is 79.9. The number of hydrogen-bond acceptors (Lipinski definition) is 2. The van der Waals surface area contributed by atoms with Gasteiger partial charge in [0.15, 0.2) is 0 Å². The quantitative estimate of drug-likeness (QED) is 0.879. The van der Waals surface area contributed by atoms with Gasteiger partial charge in [0.1, 0.15) is 0 Å². The molecule has 18 heavy (non-hydrogen) atoms. The van der Waals surface area contributed by atoms with Gasteiger partial charge in [-0.2, -0.15) is 0 Å². The van der Waals surface area contributed by atoms with Crippen molar-refractivity contribution in [1.82, 2.24) is 0 Å². The lowest BCUT2D eigenvalue weighted by molar-refractivity contribution is 0.458. The van der Waals surface area contributed by atoms with Gasteiger partial charge < -0.3 is 5.73 Å². The molecule has 0 saturated heterocycles. The van der Waals surface area contributed by atoms with E-state index < -0.39 is 0 Å². The van der Waals surface area contributed by atoms with E-state index in [2.05, 4.69) is 53.2 Å². The summed E-state index contributed by atoms with van der Waals surface area (Å²) in [6.07, 6.45) is 2.22. The molecule has 0 amide bonds. The lowest BCUT2D eigenvalue weighted by atomic mass is 9.96. The predicted octanol–water partition coefficient (Wildman–Crippen LogP) is 4.23. The average molecular weight is 322 g/mol. The van der Waals surface area contributed by atoms with Gasteiger partial charge in [0.25, 0.3) is 0 Å². The van der Waals surface area contributed by atoms with Gasteiger partial charge in [-0.25, -0.2) is 0 Å². The third-order valence-corrected chi connectivity index (χ3v) is 5.80. The summed E-state index contributed by atoms with van der Waals surface area (Å²) in [4.78, 5) is 2.62. The van der Waals surface area contributed by atoms with Crippen molar-refractivity contribution in [2.45, 2.75) is 25.8 Å². The van der Waals surface area contributed by atoms with Gasteiger partial charge in [-0.1, -0.05) is 24.3 Å². The van der Waals surface area contributed by atoms with Crippen LogP contribution in [0.1, 0.15) is 26.9 Å². The van der Waals surface area contributed by atoms with Crippen LogP contribution in [0.2, 0.25) is 0 Å². The average Bonchev–Trinajstić information content (AvgIpc) is 2.91. The number of hydrogen-bond donors (Lipinski definition) is 1. The minimum Gasteiger partial charge on any atom is -0.323 e. The van der Waals surface area contributed by atoms with Gasteiger partial charge >= 0.3 is 0 Å². The SMILES string of the molecule is Cc1cc(Br)c(C(N)C2Cc3ccccc3C2)s1. The topological polar surface area (TPSA) is 26.0 Å². The summed E-state index contributed by atoms with van der Waals surface area (Å²) in [5.41, 5.74) is 9.42. The fourth-order valence-corrected chi connectivity index (χ4v) is 4.80. The summed E-state index contributed by atoms with van der Waals surface area (Å²) in [5, 5.41) is 0. The maximum atomic E-state index is 6.47. The summed E-state index contributed by atoms with van der Waals surface area (Å²) < 4.78 is 1.17. The Morgan fingerprint density at radius 3 is 2.39 bits per heavy atom. The van der Waals surface area contributed by atoms with E-state index >= 15 is 0 Å². The first kappa shape index (κ1) is 12.4. The van der Waals surface area contributed by atoms with E-state index in [4.69, 9.17) is 5.73 Å². The molecule has 0 spiro atoms. The van der Waals surface area contributed by atoms with Crippen molar-refractivity contribution >= 4 is 27.3 Å². The van der Waals surface area contributed by atoms with Crippen molar-refractivity contribution < 1.29 is 0 Å². The van der Waals surface area contributed by atoms with Crippen LogP contribution in [-0.4, -0.2) is 0 Å². The molecule has 1 atom stereocenters. The second-order valence-electron chi connectivity index (χ2n) is 5.03. The van der Waals surface area contributed by atoms with Crippen molar-refractivity contribution in [2.75, 3.05) is 0 Å². The van der Waals surface area contributed by atoms with Crippen LogP contribution in [0.3, 0.4) is 0 Å². The molecule has 1 aliphatic carbocycles. The van der Waals surface area contributed by atoms with Gasteiger partial charge in [-0.15, -0.1) is 11.3 Å². The third-order valence-electron chi connectivity index (χ3n) is 3.73. The Morgan fingerprint density at radius 2 is 1.89 bits per heavy atom. The summed E-state index contributed by atoms with van der Waals surface area (Å²) in [7, 11) is 0. The molecular weight excluding hydrogens is 306 g/mol. The highest BCUT2D eigenvalue weighted by Crippen LogP contribution is 2.39. The van der Waals surface area contributed by atoms with E-state index in [1.54, 1.807) is 0 Å². The van der Waals surface area contributed by atoms with Crippen LogP contribution in [-0.2, 0) is 12.8 Å². The molecule has 1 aromatic heterocycles. The van der Waals surface area contributed by atoms with Crippen LogP contribution in [0.25, 0.3) is 0 Å². The van der Waals surface area contributed by atoms with Crippen molar-refractivity contribution in [1.29, 1.82) is 0 Å². The lowest BCUT2D eigenvalue weighted by Gasteiger charge is -2.18. The Labute approximate surface area is 120 Å². The third kappa shape index (κ3) is 2.15. The first-order valence-electron chi connectivity index (χ1n) is 6.23. The van der Waals surface area contributed by atoms with Crippen molar-refractivity contribution in [3.05, 3.63) is 55.7 Å². The van der Waals surface area contributed by atoms with Crippen molar-refractivity contribution in [2.24, 2.45) is 11.7 Å². The molecule has 1 nitrogen and oxygen atoms in total. The number of fused-ring (bicyclic) bond motifs is 1. The zero-order valence-corrected chi connectivity index (χ0v) is 12.7. The van der Waals surface area contributed by atoms with Gasteiger partial charge in [-0.05, 0) is 58.8 Å². The molecule has 0 fully saturated rings. The predicted molar refractivity (Wildman–Crippen MR) is 81.0 cm³/mol. The van der Waals surface area contributed by atoms with Crippen LogP contribution in [0, 0.1) is 12.8 Å². The minimum atomic E-state index is 0.144. The highest BCUT2D eigenvalue weighted by Gasteiger charge is 2.29. The maximum absolute atomic E-state index is 6.47. The van der Waals surface area contributed by atoms with E-state index in [0.717, 1.165) is 12.8 Å². The molecule has 3 rings (SSSR count). The zero-order chi connectivity index (χ0) is 12.7. The monoisotopic (exact) mass is 321 g/mol. The molecule has 0 aliphatic heterocycles. The molecule has 3 heteroatoms. The highest BCUT2D eigenvalue weighted by molar-refractivity contribution is 9.10. The van der Waals surface area contributed by atoms with Crippen LogP contribution < -0.4 is 5.73 Å². The molecule has 2 N–H and O–H groups in total. The molecule has 1 aromatic carbocycles. The summed E-state index contributed by atoms with van der Waals surface area (Å²) in [6.45, 7) is 2.13. The van der Waals surface area contributed by atoms with E-state index in [1.807, 2.05) is 11.3 Å². The Balaban J connectivity index is 1.84. The molecule has 2 aromatic rings. The van der Waals surface area contributed by atoms with E-state index in [9.17, 15) is 0 Å². The van der Waals surface area contributed by atoms with Crippen molar-refractivity contribution in [3.63, 3.8) is 0 Å². The fraction of sp³-hybridized carbons (Fsp3) is 0.333. The second-order valence-corrected chi connectivity index (χ2v) is 7.17. The zero-order valence-electron chi connectivity index (χ0n) is 10.3. The molecule has 94 valence electrons. The summed E-state index contributed by atoms with van der Waals surface area (Å²) >= 11 is 5.45. The second kappa shape index (κ2) is 4.80. The van der Waals surface area contributed by atoms with E-state index in [-0.39, 0.29) is 6.04 Å². The van der Waals surface area contributed by atoms with Crippen LogP contribution in [0.15, 0.2) is 34.8 Å². The Morgan fingerprint density at radius 1 is 1.28 bits per heavy atom. The molecule has 0 bridgehead atoms. The normalized spacial score (nSPS) is 16.8. The van der Waals surface area contributed by atoms with Gasteiger partial charge in [0.05, 0.1) is 0 Å². The van der Waals surface area contributed by atoms with Crippen molar-refractivity contribution in [3.8, 4) is 0 Å². The lowest BCUT2D eigenvalue weighted by Crippen LogP contribution is -2.21. The first-order chi connectivity index (χ1) is 8.65. The smallest absolute Gasteiger partial charge is 0.0436 e. The molecule has 0 saturated carbocycles. The summed E-state index contributed by atoms with van der Waals surface area (Å²) in [5.74, 6) is 0.539. The fourth-order valence-electron chi connectivity index (χ4n) is 2.79. The Hall–Kier alpha value is -0.640. The van der Waals surface area contributed by atoms with E-state index in [1.165, 1.54) is 25.4 Å². The first-order valence-corrected chi connectivity index (χ1v) is 7.84. The summed E-state index contributed by atoms with van der Waals surface area (Å²) in [6, 6.07) is 11.0. The van der Waals surface area contributed by atoms with Gasteiger partial charge in [0.2, 0.25) is 0 Å². The van der Waals surface area contributed by atoms with Crippen LogP contribution in [0.4, 0.5) is 0 Å². The molecule has 1 aliphatic rings. The minimum absolute atomic E-state index is 0.144. The number of thiophene rings is 1. The molecule has 0 radical (unpaired) electrons. The number of benzene rings is 1. The van der Waals surface area contributed by atoms with Crippen LogP contribution >= 0.6 is 27.3 Å². The molecule has 1 heterocycles. The number of nitrogens with two attached hydrogens (primary N) is 1. The largest absolute Gasteiger partial charge is 0.323 e.